The topological polar surface area (TPSA) is 38.3 Å². The fourth-order valence-corrected chi connectivity index (χ4v) is 2.38. The van der Waals surface area contributed by atoms with E-state index in [1.54, 1.807) is 0 Å². The Labute approximate surface area is 95.8 Å². The van der Waals surface area contributed by atoms with E-state index < -0.39 is 0 Å². The second kappa shape index (κ2) is 4.26. The van der Waals surface area contributed by atoms with Crippen LogP contribution in [0.1, 0.15) is 28.4 Å². The van der Waals surface area contributed by atoms with Crippen LogP contribution < -0.4 is 5.32 Å². The summed E-state index contributed by atoms with van der Waals surface area (Å²) in [7, 11) is 0. The van der Waals surface area contributed by atoms with Gasteiger partial charge in [0.05, 0.1) is 0 Å². The molecule has 1 saturated heterocycles. The molecule has 0 spiro atoms. The van der Waals surface area contributed by atoms with Gasteiger partial charge >= 0.3 is 0 Å². The van der Waals surface area contributed by atoms with Crippen LogP contribution in [0.25, 0.3) is 0 Å². The first-order chi connectivity index (χ1) is 7.58. The zero-order valence-electron chi connectivity index (χ0n) is 9.96. The van der Waals surface area contributed by atoms with E-state index in [2.05, 4.69) is 38.2 Å². The van der Waals surface area contributed by atoms with Gasteiger partial charge in [0.25, 0.3) is 0 Å². The summed E-state index contributed by atoms with van der Waals surface area (Å²) in [4.78, 5) is 11.0. The van der Waals surface area contributed by atoms with E-state index in [1.165, 1.54) is 22.3 Å². The normalized spacial score (nSPS) is 20.7. The Kier molecular flexibility index (Phi) is 2.97. The van der Waals surface area contributed by atoms with Crippen molar-refractivity contribution in [2.24, 2.45) is 0 Å². The number of carbonyl (C=O) groups excluding carboxylic acids is 1. The van der Waals surface area contributed by atoms with Gasteiger partial charge in [0.15, 0.2) is 0 Å². The van der Waals surface area contributed by atoms with Crippen molar-refractivity contribution < 1.29 is 9.53 Å². The Balaban J connectivity index is 2.30. The summed E-state index contributed by atoms with van der Waals surface area (Å²) < 4.78 is 5.57. The zero-order chi connectivity index (χ0) is 11.7. The molecule has 1 fully saturated rings. The fourth-order valence-electron chi connectivity index (χ4n) is 2.38. The van der Waals surface area contributed by atoms with Crippen molar-refractivity contribution in [2.75, 3.05) is 13.2 Å². The molecule has 0 bridgehead atoms. The third-order valence-corrected chi connectivity index (χ3v) is 2.96. The number of nitrogens with one attached hydrogen (secondary N) is 1. The van der Waals surface area contributed by atoms with Gasteiger partial charge < -0.3 is 10.1 Å². The van der Waals surface area contributed by atoms with Crippen LogP contribution in [0.2, 0.25) is 0 Å². The maximum atomic E-state index is 11.0. The summed E-state index contributed by atoms with van der Waals surface area (Å²) in [5.41, 5.74) is 4.95. The lowest BCUT2D eigenvalue weighted by molar-refractivity contribution is -0.133. The minimum Gasteiger partial charge on any atom is -0.362 e. The van der Waals surface area contributed by atoms with Gasteiger partial charge in [-0.25, -0.2) is 0 Å². The van der Waals surface area contributed by atoms with Gasteiger partial charge in [-0.1, -0.05) is 17.7 Å². The quantitative estimate of drug-likeness (QED) is 0.782. The smallest absolute Gasteiger partial charge is 0.246 e. The number of morpholine rings is 1. The fraction of sp³-hybridized carbons (Fsp3) is 0.462. The molecule has 1 heterocycles. The van der Waals surface area contributed by atoms with Crippen LogP contribution in [0.5, 0.6) is 0 Å². The number of amides is 1. The van der Waals surface area contributed by atoms with Crippen molar-refractivity contribution in [3.8, 4) is 0 Å². The number of hydrogen-bond acceptors (Lipinski definition) is 2. The number of benzene rings is 1. The van der Waals surface area contributed by atoms with E-state index in [9.17, 15) is 4.79 Å². The summed E-state index contributed by atoms with van der Waals surface area (Å²) in [5.74, 6) is -0.0290. The number of carbonyl (C=O) groups is 1. The number of rotatable bonds is 1. The van der Waals surface area contributed by atoms with E-state index >= 15 is 0 Å². The average molecular weight is 219 g/mol. The monoisotopic (exact) mass is 219 g/mol. The molecule has 1 aromatic carbocycles. The van der Waals surface area contributed by atoms with Crippen molar-refractivity contribution >= 4 is 5.91 Å². The molecule has 0 aliphatic carbocycles. The average Bonchev–Trinajstić information content (AvgIpc) is 2.19. The zero-order valence-corrected chi connectivity index (χ0v) is 9.96. The molecule has 2 rings (SSSR count). The highest BCUT2D eigenvalue weighted by molar-refractivity contribution is 5.77. The Hall–Kier alpha value is -1.35. The molecule has 1 amide bonds. The van der Waals surface area contributed by atoms with Crippen LogP contribution in [0.3, 0.4) is 0 Å². The molecule has 1 aliphatic heterocycles. The van der Waals surface area contributed by atoms with Gasteiger partial charge in [-0.3, -0.25) is 4.79 Å². The molecule has 0 saturated carbocycles. The molecule has 1 aromatic rings. The lowest BCUT2D eigenvalue weighted by Crippen LogP contribution is -2.39. The van der Waals surface area contributed by atoms with Gasteiger partial charge in [-0.05, 0) is 37.5 Å². The predicted molar refractivity (Wildman–Crippen MR) is 62.4 cm³/mol. The SMILES string of the molecule is Cc1cc(C)c(C2CNC(=O)CO2)c(C)c1. The molecule has 1 atom stereocenters. The maximum Gasteiger partial charge on any atom is 0.246 e. The Morgan fingerprint density at radius 2 is 1.88 bits per heavy atom. The van der Waals surface area contributed by atoms with E-state index in [1.807, 2.05) is 0 Å². The Morgan fingerprint density at radius 3 is 2.38 bits per heavy atom. The maximum absolute atomic E-state index is 11.0. The third-order valence-electron chi connectivity index (χ3n) is 2.96. The first kappa shape index (κ1) is 11.1. The molecular weight excluding hydrogens is 202 g/mol. The van der Waals surface area contributed by atoms with Crippen molar-refractivity contribution in [1.29, 1.82) is 0 Å². The molecule has 16 heavy (non-hydrogen) atoms. The second-order valence-electron chi connectivity index (χ2n) is 4.42. The number of ether oxygens (including phenoxy) is 1. The van der Waals surface area contributed by atoms with Gasteiger partial charge in [0.2, 0.25) is 5.91 Å². The first-order valence-corrected chi connectivity index (χ1v) is 5.54. The summed E-state index contributed by atoms with van der Waals surface area (Å²) in [6.07, 6.45) is -0.00157. The highest BCUT2D eigenvalue weighted by atomic mass is 16.5. The Bertz CT molecular complexity index is 393. The van der Waals surface area contributed by atoms with Crippen LogP contribution in [0.4, 0.5) is 0 Å². The minimum atomic E-state index is -0.0290. The van der Waals surface area contributed by atoms with E-state index in [0.717, 1.165) is 0 Å². The standard InChI is InChI=1S/C13H17NO2/c1-8-4-9(2)13(10(3)5-8)11-6-14-12(15)7-16-11/h4-5,11H,6-7H2,1-3H3,(H,14,15). The molecule has 1 aliphatic rings. The van der Waals surface area contributed by atoms with Gasteiger partial charge in [0, 0.05) is 6.54 Å². The molecular formula is C13H17NO2. The molecule has 3 heteroatoms. The third kappa shape index (κ3) is 2.09. The van der Waals surface area contributed by atoms with E-state index in [0.29, 0.717) is 6.54 Å². The lowest BCUT2D eigenvalue weighted by Gasteiger charge is -2.26. The predicted octanol–water partition coefficient (Wildman–Crippen LogP) is 1.80. The highest BCUT2D eigenvalue weighted by Crippen LogP contribution is 2.26. The van der Waals surface area contributed by atoms with Crippen molar-refractivity contribution in [3.63, 3.8) is 0 Å². The Morgan fingerprint density at radius 1 is 1.25 bits per heavy atom. The molecule has 0 aromatic heterocycles. The van der Waals surface area contributed by atoms with Crippen molar-refractivity contribution in [3.05, 3.63) is 34.4 Å². The molecule has 1 N–H and O–H groups in total. The second-order valence-corrected chi connectivity index (χ2v) is 4.42. The highest BCUT2D eigenvalue weighted by Gasteiger charge is 2.22. The van der Waals surface area contributed by atoms with Gasteiger partial charge in [0.1, 0.15) is 12.7 Å². The minimum absolute atomic E-state index is 0.00157. The van der Waals surface area contributed by atoms with Crippen LogP contribution in [-0.4, -0.2) is 19.1 Å². The van der Waals surface area contributed by atoms with Gasteiger partial charge in [-0.15, -0.1) is 0 Å². The summed E-state index contributed by atoms with van der Waals surface area (Å²) in [6, 6.07) is 4.31. The molecule has 1 unspecified atom stereocenters. The first-order valence-electron chi connectivity index (χ1n) is 5.54. The summed E-state index contributed by atoms with van der Waals surface area (Å²) in [5, 5.41) is 2.84. The van der Waals surface area contributed by atoms with Crippen LogP contribution in [0.15, 0.2) is 12.1 Å². The summed E-state index contributed by atoms with van der Waals surface area (Å²) >= 11 is 0. The van der Waals surface area contributed by atoms with E-state index in [4.69, 9.17) is 4.74 Å². The van der Waals surface area contributed by atoms with Crippen LogP contribution >= 0.6 is 0 Å². The van der Waals surface area contributed by atoms with E-state index in [-0.39, 0.29) is 18.6 Å². The van der Waals surface area contributed by atoms with Crippen molar-refractivity contribution in [1.82, 2.24) is 5.32 Å². The molecule has 3 nitrogen and oxygen atoms in total. The van der Waals surface area contributed by atoms with Crippen LogP contribution in [0, 0.1) is 20.8 Å². The van der Waals surface area contributed by atoms with Crippen LogP contribution in [-0.2, 0) is 9.53 Å². The summed E-state index contributed by atoms with van der Waals surface area (Å²) in [6.45, 7) is 7.01. The van der Waals surface area contributed by atoms with Crippen molar-refractivity contribution in [2.45, 2.75) is 26.9 Å². The van der Waals surface area contributed by atoms with Gasteiger partial charge in [-0.2, -0.15) is 0 Å². The lowest BCUT2D eigenvalue weighted by atomic mass is 9.95. The largest absolute Gasteiger partial charge is 0.362 e. The molecule has 0 radical (unpaired) electrons. The number of aryl methyl sites for hydroxylation is 3. The number of hydrogen-bond donors (Lipinski definition) is 1. The molecule has 86 valence electrons.